The van der Waals surface area contributed by atoms with Gasteiger partial charge in [-0.1, -0.05) is 0 Å². The van der Waals surface area contributed by atoms with Crippen LogP contribution < -0.4 is 5.32 Å². The van der Waals surface area contributed by atoms with Gasteiger partial charge in [-0.3, -0.25) is 9.48 Å². The highest BCUT2D eigenvalue weighted by Gasteiger charge is 2.38. The molecule has 98 valence electrons. The first-order valence-electron chi connectivity index (χ1n) is 6.76. The Balaban J connectivity index is 1.78. The minimum atomic E-state index is 0.133. The number of aromatic nitrogens is 2. The van der Waals surface area contributed by atoms with Crippen molar-refractivity contribution in [2.45, 2.75) is 32.9 Å². The molecule has 0 aliphatic carbocycles. The third-order valence-corrected chi connectivity index (χ3v) is 4.07. The van der Waals surface area contributed by atoms with Crippen LogP contribution >= 0.6 is 0 Å². The normalized spacial score (nSPS) is 26.7. The van der Waals surface area contributed by atoms with Crippen molar-refractivity contribution in [3.8, 4) is 0 Å². The predicted molar refractivity (Wildman–Crippen MR) is 68.4 cm³/mol. The molecule has 0 saturated carbocycles. The first-order chi connectivity index (χ1) is 8.69. The monoisotopic (exact) mass is 248 g/mol. The maximum atomic E-state index is 12.5. The molecule has 2 saturated heterocycles. The summed E-state index contributed by atoms with van der Waals surface area (Å²) < 4.78 is 1.80. The lowest BCUT2D eigenvalue weighted by Crippen LogP contribution is -2.35. The number of hydrogen-bond donors (Lipinski definition) is 1. The van der Waals surface area contributed by atoms with Crippen LogP contribution in [0.5, 0.6) is 0 Å². The molecule has 5 heteroatoms. The number of carbonyl (C=O) groups excluding carboxylic acids is 1. The SMILES string of the molecule is CCn1nc(C)cc1C(=O)N1C[C@@H]2CCN[C@@H]2C1. The van der Waals surface area contributed by atoms with Crippen molar-refractivity contribution < 1.29 is 4.79 Å². The highest BCUT2D eigenvalue weighted by molar-refractivity contribution is 5.93. The van der Waals surface area contributed by atoms with E-state index in [1.807, 2.05) is 24.8 Å². The number of likely N-dealkylation sites (tertiary alicyclic amines) is 1. The molecule has 0 radical (unpaired) electrons. The summed E-state index contributed by atoms with van der Waals surface area (Å²) in [5.41, 5.74) is 1.65. The van der Waals surface area contributed by atoms with Gasteiger partial charge in [-0.05, 0) is 38.8 Å². The van der Waals surface area contributed by atoms with Crippen molar-refractivity contribution in [1.29, 1.82) is 0 Å². The third-order valence-electron chi connectivity index (χ3n) is 4.07. The van der Waals surface area contributed by atoms with Crippen LogP contribution in [0.15, 0.2) is 6.07 Å². The quantitative estimate of drug-likeness (QED) is 0.836. The molecule has 1 aromatic heterocycles. The molecule has 0 unspecified atom stereocenters. The molecule has 2 aliphatic heterocycles. The maximum Gasteiger partial charge on any atom is 0.272 e. The third kappa shape index (κ3) is 1.82. The van der Waals surface area contributed by atoms with Gasteiger partial charge in [0.05, 0.1) is 5.69 Å². The Kier molecular flexibility index (Phi) is 2.86. The zero-order valence-corrected chi connectivity index (χ0v) is 11.0. The summed E-state index contributed by atoms with van der Waals surface area (Å²) in [5, 5.41) is 7.82. The highest BCUT2D eigenvalue weighted by atomic mass is 16.2. The summed E-state index contributed by atoms with van der Waals surface area (Å²) in [6.45, 7) is 7.53. The molecule has 0 spiro atoms. The number of amides is 1. The van der Waals surface area contributed by atoms with Crippen LogP contribution in [0, 0.1) is 12.8 Å². The van der Waals surface area contributed by atoms with E-state index >= 15 is 0 Å². The van der Waals surface area contributed by atoms with Gasteiger partial charge < -0.3 is 10.2 Å². The van der Waals surface area contributed by atoms with Crippen molar-refractivity contribution in [1.82, 2.24) is 20.0 Å². The molecule has 3 rings (SSSR count). The first kappa shape index (κ1) is 11.7. The van der Waals surface area contributed by atoms with Crippen LogP contribution in [0.2, 0.25) is 0 Å². The van der Waals surface area contributed by atoms with Gasteiger partial charge in [0.2, 0.25) is 0 Å². The van der Waals surface area contributed by atoms with Crippen molar-refractivity contribution in [3.63, 3.8) is 0 Å². The molecule has 0 aromatic carbocycles. The summed E-state index contributed by atoms with van der Waals surface area (Å²) in [6.07, 6.45) is 1.19. The van der Waals surface area contributed by atoms with Gasteiger partial charge in [-0.2, -0.15) is 5.10 Å². The number of rotatable bonds is 2. The van der Waals surface area contributed by atoms with E-state index < -0.39 is 0 Å². The second-order valence-corrected chi connectivity index (χ2v) is 5.31. The van der Waals surface area contributed by atoms with Crippen LogP contribution in [0.25, 0.3) is 0 Å². The summed E-state index contributed by atoms with van der Waals surface area (Å²) in [6, 6.07) is 2.40. The van der Waals surface area contributed by atoms with Gasteiger partial charge in [-0.15, -0.1) is 0 Å². The lowest BCUT2D eigenvalue weighted by atomic mass is 10.1. The van der Waals surface area contributed by atoms with Crippen molar-refractivity contribution in [2.24, 2.45) is 5.92 Å². The molecular weight excluding hydrogens is 228 g/mol. The summed E-state index contributed by atoms with van der Waals surface area (Å²) >= 11 is 0. The summed E-state index contributed by atoms with van der Waals surface area (Å²) in [4.78, 5) is 14.5. The number of nitrogens with one attached hydrogen (secondary N) is 1. The van der Waals surface area contributed by atoms with E-state index in [-0.39, 0.29) is 5.91 Å². The Morgan fingerprint density at radius 3 is 3.11 bits per heavy atom. The number of fused-ring (bicyclic) bond motifs is 1. The van der Waals surface area contributed by atoms with Crippen LogP contribution in [-0.2, 0) is 6.54 Å². The molecular formula is C13H20N4O. The van der Waals surface area contributed by atoms with Gasteiger partial charge in [0, 0.05) is 25.7 Å². The molecule has 1 amide bonds. The minimum Gasteiger partial charge on any atom is -0.335 e. The second-order valence-electron chi connectivity index (χ2n) is 5.31. The molecule has 5 nitrogen and oxygen atoms in total. The largest absolute Gasteiger partial charge is 0.335 e. The Morgan fingerprint density at radius 1 is 1.56 bits per heavy atom. The second kappa shape index (κ2) is 4.39. The standard InChI is InChI=1S/C13H20N4O/c1-3-17-12(6-9(2)15-17)13(18)16-7-10-4-5-14-11(10)8-16/h6,10-11,14H,3-5,7-8H2,1-2H3/t10-,11+/m0/s1. The Labute approximate surface area is 107 Å². The maximum absolute atomic E-state index is 12.5. The number of aryl methyl sites for hydroxylation is 2. The first-order valence-corrected chi connectivity index (χ1v) is 6.76. The smallest absolute Gasteiger partial charge is 0.272 e. The Bertz CT molecular complexity index is 456. The van der Waals surface area contributed by atoms with Gasteiger partial charge in [0.1, 0.15) is 5.69 Å². The van der Waals surface area contributed by atoms with E-state index in [4.69, 9.17) is 0 Å². The fourth-order valence-electron chi connectivity index (χ4n) is 3.14. The van der Waals surface area contributed by atoms with Crippen LogP contribution in [0.1, 0.15) is 29.5 Å². The average Bonchev–Trinajstić information content (AvgIpc) is 3.00. The van der Waals surface area contributed by atoms with Crippen LogP contribution in [0.4, 0.5) is 0 Å². The average molecular weight is 248 g/mol. The van der Waals surface area contributed by atoms with Crippen LogP contribution in [0.3, 0.4) is 0 Å². The van der Waals surface area contributed by atoms with Gasteiger partial charge >= 0.3 is 0 Å². The molecule has 2 aliphatic rings. The van der Waals surface area contributed by atoms with Crippen molar-refractivity contribution in [2.75, 3.05) is 19.6 Å². The number of carbonyl (C=O) groups is 1. The number of nitrogens with zero attached hydrogens (tertiary/aromatic N) is 3. The molecule has 18 heavy (non-hydrogen) atoms. The zero-order valence-electron chi connectivity index (χ0n) is 11.0. The summed E-state index contributed by atoms with van der Waals surface area (Å²) in [7, 11) is 0. The zero-order chi connectivity index (χ0) is 12.7. The molecule has 0 bridgehead atoms. The van der Waals surface area contributed by atoms with E-state index in [1.54, 1.807) is 4.68 Å². The van der Waals surface area contributed by atoms with E-state index in [9.17, 15) is 4.79 Å². The van der Waals surface area contributed by atoms with E-state index in [0.717, 1.165) is 37.6 Å². The molecule has 1 aromatic rings. The predicted octanol–water partition coefficient (Wildman–Crippen LogP) is 0.645. The van der Waals surface area contributed by atoms with E-state index in [0.29, 0.717) is 12.0 Å². The molecule has 2 atom stereocenters. The lowest BCUT2D eigenvalue weighted by molar-refractivity contribution is 0.0770. The van der Waals surface area contributed by atoms with Crippen LogP contribution in [-0.4, -0.2) is 46.3 Å². The number of hydrogen-bond acceptors (Lipinski definition) is 3. The molecule has 1 N–H and O–H groups in total. The fourth-order valence-corrected chi connectivity index (χ4v) is 3.14. The highest BCUT2D eigenvalue weighted by Crippen LogP contribution is 2.25. The van der Waals surface area contributed by atoms with Gasteiger partial charge in [-0.25, -0.2) is 0 Å². The minimum absolute atomic E-state index is 0.133. The van der Waals surface area contributed by atoms with E-state index in [1.165, 1.54) is 6.42 Å². The van der Waals surface area contributed by atoms with Crippen molar-refractivity contribution >= 4 is 5.91 Å². The molecule has 3 heterocycles. The Morgan fingerprint density at radius 2 is 2.39 bits per heavy atom. The summed E-state index contributed by atoms with van der Waals surface area (Å²) in [5.74, 6) is 0.779. The fraction of sp³-hybridized carbons (Fsp3) is 0.692. The molecule has 2 fully saturated rings. The van der Waals surface area contributed by atoms with E-state index in [2.05, 4.69) is 10.4 Å². The lowest BCUT2D eigenvalue weighted by Gasteiger charge is -2.17. The Hall–Kier alpha value is -1.36. The van der Waals surface area contributed by atoms with Gasteiger partial charge in [0.15, 0.2) is 0 Å². The van der Waals surface area contributed by atoms with Crippen molar-refractivity contribution in [3.05, 3.63) is 17.5 Å². The van der Waals surface area contributed by atoms with Gasteiger partial charge in [0.25, 0.3) is 5.91 Å². The topological polar surface area (TPSA) is 50.2 Å².